The quantitative estimate of drug-likeness (QED) is 0.823. The van der Waals surface area contributed by atoms with Crippen LogP contribution in [-0.4, -0.2) is 43.1 Å². The van der Waals surface area contributed by atoms with E-state index in [1.807, 2.05) is 23.1 Å². The first-order chi connectivity index (χ1) is 9.27. The number of benzene rings is 1. The molecule has 0 spiro atoms. The van der Waals surface area contributed by atoms with Gasteiger partial charge in [0, 0.05) is 25.7 Å². The fraction of sp³-hybridized carbons (Fsp3) is 0.533. The highest BCUT2D eigenvalue weighted by molar-refractivity contribution is 5.83. The van der Waals surface area contributed by atoms with Gasteiger partial charge in [-0.05, 0) is 24.5 Å². The molecule has 1 amide bonds. The molecule has 0 saturated carbocycles. The predicted octanol–water partition coefficient (Wildman–Crippen LogP) is 1.12. The van der Waals surface area contributed by atoms with Gasteiger partial charge in [0.15, 0.2) is 6.10 Å². The number of carbonyl (C=O) groups is 1. The van der Waals surface area contributed by atoms with Crippen LogP contribution in [0.1, 0.15) is 24.2 Å². The molecule has 0 bridgehead atoms. The molecule has 0 aromatic heterocycles. The fourth-order valence-electron chi connectivity index (χ4n) is 2.92. The Balaban J connectivity index is 1.84. The number of amides is 1. The zero-order valence-electron chi connectivity index (χ0n) is 11.3. The van der Waals surface area contributed by atoms with Gasteiger partial charge in [0.05, 0.1) is 6.61 Å². The summed E-state index contributed by atoms with van der Waals surface area (Å²) in [7, 11) is 0. The molecule has 102 valence electrons. The molecule has 0 radical (unpaired) electrons. The van der Waals surface area contributed by atoms with Gasteiger partial charge in [0.25, 0.3) is 5.91 Å². The van der Waals surface area contributed by atoms with Crippen molar-refractivity contribution in [3.8, 4) is 0 Å². The number of hydrogen-bond donors (Lipinski definition) is 1. The van der Waals surface area contributed by atoms with Crippen LogP contribution in [0.15, 0.2) is 24.3 Å². The summed E-state index contributed by atoms with van der Waals surface area (Å²) in [5.41, 5.74) is 2.29. The van der Waals surface area contributed by atoms with Crippen LogP contribution >= 0.6 is 0 Å². The van der Waals surface area contributed by atoms with Crippen molar-refractivity contribution in [2.45, 2.75) is 25.5 Å². The zero-order chi connectivity index (χ0) is 13.2. The summed E-state index contributed by atoms with van der Waals surface area (Å²) in [6.07, 6.45) is 0.488. The molecule has 3 rings (SSSR count). The van der Waals surface area contributed by atoms with Gasteiger partial charge in [-0.15, -0.1) is 0 Å². The second-order valence-electron chi connectivity index (χ2n) is 5.28. The van der Waals surface area contributed by atoms with Crippen LogP contribution in [0.3, 0.4) is 0 Å². The Morgan fingerprint density at radius 2 is 2.26 bits per heavy atom. The van der Waals surface area contributed by atoms with Gasteiger partial charge < -0.3 is 15.0 Å². The van der Waals surface area contributed by atoms with E-state index in [-0.39, 0.29) is 11.9 Å². The lowest BCUT2D eigenvalue weighted by atomic mass is 9.96. The largest absolute Gasteiger partial charge is 0.363 e. The molecule has 4 nitrogen and oxygen atoms in total. The highest BCUT2D eigenvalue weighted by atomic mass is 16.5. The van der Waals surface area contributed by atoms with Crippen molar-refractivity contribution >= 4 is 5.91 Å². The highest BCUT2D eigenvalue weighted by Gasteiger charge is 2.33. The van der Waals surface area contributed by atoms with E-state index < -0.39 is 6.10 Å². The van der Waals surface area contributed by atoms with E-state index in [2.05, 4.69) is 18.3 Å². The molecule has 2 aliphatic rings. The summed E-state index contributed by atoms with van der Waals surface area (Å²) in [5, 5.41) is 3.31. The van der Waals surface area contributed by atoms with Crippen molar-refractivity contribution in [1.82, 2.24) is 10.2 Å². The molecule has 1 unspecified atom stereocenters. The van der Waals surface area contributed by atoms with Crippen LogP contribution < -0.4 is 5.32 Å². The lowest BCUT2D eigenvalue weighted by Crippen LogP contribution is -2.54. The van der Waals surface area contributed by atoms with E-state index in [1.165, 1.54) is 5.56 Å². The van der Waals surface area contributed by atoms with E-state index >= 15 is 0 Å². The molecule has 1 fully saturated rings. The average Bonchev–Trinajstić information content (AvgIpc) is 2.46. The van der Waals surface area contributed by atoms with E-state index in [1.54, 1.807) is 0 Å². The Morgan fingerprint density at radius 3 is 3.11 bits per heavy atom. The summed E-state index contributed by atoms with van der Waals surface area (Å²) in [5.74, 6) is 0.112. The topological polar surface area (TPSA) is 41.6 Å². The first kappa shape index (κ1) is 12.6. The summed E-state index contributed by atoms with van der Waals surface area (Å²) in [6, 6.07) is 8.36. The standard InChI is InChI=1S/C15H20N2O2/c1-11-10-16-7-8-17(11)15(18)14-13-5-3-2-4-12(13)6-9-19-14/h2-5,11,14,16H,6-10H2,1H3/t11-,14?/m0/s1. The molecule has 4 heteroatoms. The first-order valence-corrected chi connectivity index (χ1v) is 6.98. The second-order valence-corrected chi connectivity index (χ2v) is 5.28. The van der Waals surface area contributed by atoms with Gasteiger partial charge in [-0.2, -0.15) is 0 Å². The molecule has 19 heavy (non-hydrogen) atoms. The molecule has 1 N–H and O–H groups in total. The van der Waals surface area contributed by atoms with Crippen molar-refractivity contribution in [3.63, 3.8) is 0 Å². The molecule has 1 aromatic rings. The Kier molecular flexibility index (Phi) is 3.53. The lowest BCUT2D eigenvalue weighted by Gasteiger charge is -2.37. The van der Waals surface area contributed by atoms with Gasteiger partial charge in [-0.25, -0.2) is 0 Å². The van der Waals surface area contributed by atoms with Crippen molar-refractivity contribution in [1.29, 1.82) is 0 Å². The van der Waals surface area contributed by atoms with Crippen molar-refractivity contribution in [2.24, 2.45) is 0 Å². The molecule has 2 aliphatic heterocycles. The third-order valence-electron chi connectivity index (χ3n) is 4.00. The Labute approximate surface area is 113 Å². The average molecular weight is 260 g/mol. The number of ether oxygens (including phenoxy) is 1. The van der Waals surface area contributed by atoms with Gasteiger partial charge in [0.2, 0.25) is 0 Å². The minimum atomic E-state index is -0.412. The minimum absolute atomic E-state index is 0.112. The third-order valence-corrected chi connectivity index (χ3v) is 4.00. The van der Waals surface area contributed by atoms with Crippen LogP contribution in [0.2, 0.25) is 0 Å². The fourth-order valence-corrected chi connectivity index (χ4v) is 2.92. The first-order valence-electron chi connectivity index (χ1n) is 6.98. The third kappa shape index (κ3) is 2.38. The van der Waals surface area contributed by atoms with Crippen molar-refractivity contribution in [3.05, 3.63) is 35.4 Å². The van der Waals surface area contributed by atoms with Crippen LogP contribution in [0, 0.1) is 0 Å². The minimum Gasteiger partial charge on any atom is -0.363 e. The molecule has 2 heterocycles. The Morgan fingerprint density at radius 1 is 1.42 bits per heavy atom. The summed E-state index contributed by atoms with van der Waals surface area (Å²) < 4.78 is 5.76. The maximum Gasteiger partial charge on any atom is 0.256 e. The van der Waals surface area contributed by atoms with E-state index in [0.29, 0.717) is 6.61 Å². The maximum absolute atomic E-state index is 12.7. The van der Waals surface area contributed by atoms with E-state index in [0.717, 1.165) is 31.6 Å². The number of hydrogen-bond acceptors (Lipinski definition) is 3. The summed E-state index contributed by atoms with van der Waals surface area (Å²) >= 11 is 0. The smallest absolute Gasteiger partial charge is 0.256 e. The summed E-state index contributed by atoms with van der Waals surface area (Å²) in [4.78, 5) is 14.6. The summed E-state index contributed by atoms with van der Waals surface area (Å²) in [6.45, 7) is 5.21. The number of nitrogens with one attached hydrogen (secondary N) is 1. The van der Waals surface area contributed by atoms with Crippen LogP contribution in [0.5, 0.6) is 0 Å². The molecular formula is C15H20N2O2. The Hall–Kier alpha value is -1.39. The van der Waals surface area contributed by atoms with Gasteiger partial charge in [-0.1, -0.05) is 24.3 Å². The lowest BCUT2D eigenvalue weighted by molar-refractivity contribution is -0.148. The number of nitrogens with zero attached hydrogens (tertiary/aromatic N) is 1. The monoisotopic (exact) mass is 260 g/mol. The SMILES string of the molecule is C[C@H]1CNCCN1C(=O)C1OCCc2ccccc21. The second kappa shape index (κ2) is 5.31. The molecule has 1 aromatic carbocycles. The molecule has 1 saturated heterocycles. The zero-order valence-corrected chi connectivity index (χ0v) is 11.3. The van der Waals surface area contributed by atoms with Gasteiger partial charge in [0.1, 0.15) is 0 Å². The van der Waals surface area contributed by atoms with Crippen LogP contribution in [-0.2, 0) is 16.0 Å². The van der Waals surface area contributed by atoms with Crippen molar-refractivity contribution < 1.29 is 9.53 Å². The predicted molar refractivity (Wildman–Crippen MR) is 72.9 cm³/mol. The Bertz CT molecular complexity index is 475. The highest BCUT2D eigenvalue weighted by Crippen LogP contribution is 2.29. The maximum atomic E-state index is 12.7. The molecule has 2 atom stereocenters. The molecular weight excluding hydrogens is 240 g/mol. The number of carbonyl (C=O) groups excluding carboxylic acids is 1. The normalized spacial score (nSPS) is 26.9. The molecule has 0 aliphatic carbocycles. The van der Waals surface area contributed by atoms with Crippen LogP contribution in [0.25, 0.3) is 0 Å². The van der Waals surface area contributed by atoms with Crippen molar-refractivity contribution in [2.75, 3.05) is 26.2 Å². The van der Waals surface area contributed by atoms with E-state index in [4.69, 9.17) is 4.74 Å². The van der Waals surface area contributed by atoms with Gasteiger partial charge in [-0.3, -0.25) is 4.79 Å². The number of rotatable bonds is 1. The van der Waals surface area contributed by atoms with Gasteiger partial charge >= 0.3 is 0 Å². The van der Waals surface area contributed by atoms with E-state index in [9.17, 15) is 4.79 Å². The number of piperazine rings is 1. The number of fused-ring (bicyclic) bond motifs is 1. The van der Waals surface area contributed by atoms with Crippen LogP contribution in [0.4, 0.5) is 0 Å².